The topological polar surface area (TPSA) is 26.6 Å². The molecule has 0 aliphatic heterocycles. The van der Waals surface area contributed by atoms with Crippen LogP contribution in [0.5, 0.6) is 0 Å². The number of imidazole rings is 2. The van der Waals surface area contributed by atoms with Crippen LogP contribution in [0.1, 0.15) is 107 Å². The molecule has 0 saturated carbocycles. The molecule has 0 radical (unpaired) electrons. The highest BCUT2D eigenvalue weighted by Crippen LogP contribution is 2.38. The van der Waals surface area contributed by atoms with E-state index in [1.807, 2.05) is 6.20 Å². The Bertz CT molecular complexity index is 2260. The number of para-hydroxylation sites is 1. The lowest BCUT2D eigenvalue weighted by molar-refractivity contribution is -0.676. The summed E-state index contributed by atoms with van der Waals surface area (Å²) >= 11 is 0. The molecule has 2 aromatic heterocycles. The van der Waals surface area contributed by atoms with Crippen LogP contribution in [0.4, 0.5) is 0 Å². The molecule has 0 fully saturated rings. The van der Waals surface area contributed by atoms with E-state index in [0.29, 0.717) is 30.2 Å². The predicted octanol–water partition coefficient (Wildman–Crippen LogP) is 12.5. The molecular formula is C49H53N4+. The Morgan fingerprint density at radius 3 is 1.62 bits per heavy atom. The molecule has 4 nitrogen and oxygen atoms in total. The van der Waals surface area contributed by atoms with E-state index in [1.165, 1.54) is 55.9 Å². The highest BCUT2D eigenvalue weighted by Gasteiger charge is 2.29. The van der Waals surface area contributed by atoms with Gasteiger partial charge in [0.15, 0.2) is 0 Å². The Morgan fingerprint density at radius 1 is 0.509 bits per heavy atom. The van der Waals surface area contributed by atoms with Crippen molar-refractivity contribution in [1.82, 2.24) is 14.1 Å². The van der Waals surface area contributed by atoms with Gasteiger partial charge in [0.25, 0.3) is 5.82 Å². The summed E-state index contributed by atoms with van der Waals surface area (Å²) < 4.78 is 7.20. The third-order valence-electron chi connectivity index (χ3n) is 10.5. The van der Waals surface area contributed by atoms with E-state index >= 15 is 0 Å². The fourth-order valence-electron chi connectivity index (χ4n) is 7.80. The first-order valence-electron chi connectivity index (χ1n) is 19.3. The van der Waals surface area contributed by atoms with E-state index in [0.717, 1.165) is 17.2 Å². The van der Waals surface area contributed by atoms with Crippen molar-refractivity contribution >= 4 is 0 Å². The van der Waals surface area contributed by atoms with Gasteiger partial charge in [0, 0.05) is 34.6 Å². The Balaban J connectivity index is 1.40. The van der Waals surface area contributed by atoms with Crippen LogP contribution in [-0.2, 0) is 6.54 Å². The maximum atomic E-state index is 5.04. The summed E-state index contributed by atoms with van der Waals surface area (Å²) in [6.45, 7) is 19.1. The summed E-state index contributed by atoms with van der Waals surface area (Å²) in [4.78, 5) is 5.04. The number of rotatable bonds is 11. The number of aromatic nitrogens is 4. The molecule has 0 bridgehead atoms. The Kier molecular flexibility index (Phi) is 10.3. The van der Waals surface area contributed by atoms with Crippen molar-refractivity contribution in [3.63, 3.8) is 0 Å². The van der Waals surface area contributed by atoms with Crippen LogP contribution in [0.3, 0.4) is 0 Å². The quantitative estimate of drug-likeness (QED) is 0.124. The second-order valence-corrected chi connectivity index (χ2v) is 15.5. The van der Waals surface area contributed by atoms with Gasteiger partial charge in [-0.25, -0.2) is 9.55 Å². The third kappa shape index (κ3) is 7.03. The van der Waals surface area contributed by atoms with Crippen LogP contribution in [0.2, 0.25) is 0 Å². The number of hydrogen-bond acceptors (Lipinski definition) is 1. The van der Waals surface area contributed by atoms with Crippen LogP contribution in [0.15, 0.2) is 140 Å². The fraction of sp³-hybridized carbons (Fsp3) is 0.265. The summed E-state index contributed by atoms with van der Waals surface area (Å²) in [5.41, 5.74) is 14.0. The molecule has 7 aromatic rings. The summed E-state index contributed by atoms with van der Waals surface area (Å²) in [5, 5.41) is 0. The van der Waals surface area contributed by atoms with Gasteiger partial charge in [-0.15, -0.1) is 0 Å². The van der Waals surface area contributed by atoms with E-state index < -0.39 is 0 Å². The molecule has 0 aliphatic rings. The molecule has 7 rings (SSSR count). The van der Waals surface area contributed by atoms with Gasteiger partial charge in [-0.3, -0.25) is 4.57 Å². The molecule has 2 heterocycles. The molecule has 0 amide bonds. The molecule has 5 aromatic carbocycles. The summed E-state index contributed by atoms with van der Waals surface area (Å²) in [7, 11) is 0. The lowest BCUT2D eigenvalue weighted by atomic mass is 9.88. The van der Waals surface area contributed by atoms with Gasteiger partial charge >= 0.3 is 0 Å². The summed E-state index contributed by atoms with van der Waals surface area (Å²) in [5.74, 6) is 3.55. The molecule has 0 aliphatic carbocycles. The van der Waals surface area contributed by atoms with Gasteiger partial charge in [0.05, 0.1) is 11.3 Å². The van der Waals surface area contributed by atoms with E-state index in [1.54, 1.807) is 0 Å². The van der Waals surface area contributed by atoms with Crippen molar-refractivity contribution in [1.29, 1.82) is 0 Å². The van der Waals surface area contributed by atoms with E-state index in [4.69, 9.17) is 4.98 Å². The zero-order chi connectivity index (χ0) is 37.2. The predicted molar refractivity (Wildman–Crippen MR) is 221 cm³/mol. The second kappa shape index (κ2) is 15.2. The molecule has 268 valence electrons. The molecule has 0 saturated heterocycles. The smallest absolute Gasteiger partial charge is 0.294 e. The number of hydrogen-bond donors (Lipinski definition) is 0. The van der Waals surface area contributed by atoms with Gasteiger partial charge in [0.2, 0.25) is 0 Å². The monoisotopic (exact) mass is 697 g/mol. The Labute approximate surface area is 316 Å². The Morgan fingerprint density at radius 2 is 1.04 bits per heavy atom. The molecule has 4 heteroatoms. The van der Waals surface area contributed by atoms with Crippen LogP contribution in [-0.4, -0.2) is 14.1 Å². The van der Waals surface area contributed by atoms with Gasteiger partial charge in [-0.05, 0) is 70.2 Å². The molecule has 0 atom stereocenters. The van der Waals surface area contributed by atoms with Crippen molar-refractivity contribution in [2.75, 3.05) is 0 Å². The lowest BCUT2D eigenvalue weighted by Gasteiger charge is -2.22. The standard InChI is InChI=1S/C49H53N4/c1-33(2)41-24-17-25-42(34(3)4)46(41)52-27-26-50-48(52)43-23-16-15-22-39(43)32-51-28-29-53(49(51)38-20-13-10-14-21-38)47-44(35(5)6)30-40(31-45(47)36(7)8)37-18-11-9-12-19-37/h9-31,33-36H,32H2,1-8H3/q+1. The normalized spacial score (nSPS) is 11.8. The third-order valence-corrected chi connectivity index (χ3v) is 10.5. The number of benzene rings is 5. The first-order chi connectivity index (χ1) is 25.6. The van der Waals surface area contributed by atoms with Crippen LogP contribution in [0.25, 0.3) is 45.3 Å². The molecule has 53 heavy (non-hydrogen) atoms. The van der Waals surface area contributed by atoms with Crippen molar-refractivity contribution in [3.05, 3.63) is 168 Å². The first-order valence-corrected chi connectivity index (χ1v) is 19.3. The van der Waals surface area contributed by atoms with E-state index in [2.05, 4.69) is 203 Å². The van der Waals surface area contributed by atoms with Gasteiger partial charge < -0.3 is 0 Å². The minimum Gasteiger partial charge on any atom is -0.299 e. The fourth-order valence-corrected chi connectivity index (χ4v) is 7.80. The average Bonchev–Trinajstić information content (AvgIpc) is 3.82. The Hall–Kier alpha value is -5.48. The lowest BCUT2D eigenvalue weighted by Crippen LogP contribution is -2.35. The molecule has 0 spiro atoms. The minimum absolute atomic E-state index is 0.328. The first kappa shape index (κ1) is 35.9. The molecule has 0 unspecified atom stereocenters. The zero-order valence-electron chi connectivity index (χ0n) is 32.6. The maximum absolute atomic E-state index is 5.04. The highest BCUT2D eigenvalue weighted by molar-refractivity contribution is 5.71. The molecular weight excluding hydrogens is 645 g/mol. The average molecular weight is 698 g/mol. The largest absolute Gasteiger partial charge is 0.299 e. The zero-order valence-corrected chi connectivity index (χ0v) is 32.6. The van der Waals surface area contributed by atoms with Gasteiger partial charge in [0.1, 0.15) is 30.5 Å². The van der Waals surface area contributed by atoms with Crippen LogP contribution >= 0.6 is 0 Å². The van der Waals surface area contributed by atoms with Crippen molar-refractivity contribution in [2.45, 2.75) is 85.6 Å². The SMILES string of the molecule is CC(C)c1cccc(C(C)C)c1-n1ccnc1-c1ccccc1C[n+]1ccn(-c2c(C(C)C)cc(-c3ccccc3)cc2C(C)C)c1-c1ccccc1. The van der Waals surface area contributed by atoms with Gasteiger partial charge in [-0.1, -0.05) is 146 Å². The van der Waals surface area contributed by atoms with Crippen molar-refractivity contribution < 1.29 is 4.57 Å². The summed E-state index contributed by atoms with van der Waals surface area (Å²) in [6, 6.07) is 42.0. The van der Waals surface area contributed by atoms with Crippen LogP contribution in [0, 0.1) is 0 Å². The van der Waals surface area contributed by atoms with Crippen LogP contribution < -0.4 is 4.57 Å². The van der Waals surface area contributed by atoms with Crippen molar-refractivity contribution in [3.8, 4) is 45.3 Å². The second-order valence-electron chi connectivity index (χ2n) is 15.5. The maximum Gasteiger partial charge on any atom is 0.294 e. The van der Waals surface area contributed by atoms with Gasteiger partial charge in [-0.2, -0.15) is 4.57 Å². The van der Waals surface area contributed by atoms with E-state index in [-0.39, 0.29) is 0 Å². The minimum atomic E-state index is 0.328. The van der Waals surface area contributed by atoms with Crippen molar-refractivity contribution in [2.24, 2.45) is 0 Å². The molecule has 0 N–H and O–H groups in total. The van der Waals surface area contributed by atoms with E-state index in [9.17, 15) is 0 Å². The highest BCUT2D eigenvalue weighted by atomic mass is 15.2. The summed E-state index contributed by atoms with van der Waals surface area (Å²) in [6.07, 6.45) is 8.62. The number of nitrogens with zero attached hydrogens (tertiary/aromatic N) is 4.